The van der Waals surface area contributed by atoms with E-state index in [9.17, 15) is 13.2 Å². The lowest BCUT2D eigenvalue weighted by Gasteiger charge is -2.19. The summed E-state index contributed by atoms with van der Waals surface area (Å²) in [7, 11) is -3.84. The summed E-state index contributed by atoms with van der Waals surface area (Å²) in [5.41, 5.74) is 1.52. The van der Waals surface area contributed by atoms with Gasteiger partial charge in [0.05, 0.1) is 22.8 Å². The number of aryl methyl sites for hydroxylation is 1. The summed E-state index contributed by atoms with van der Waals surface area (Å²) >= 11 is 0. The van der Waals surface area contributed by atoms with Crippen molar-refractivity contribution in [1.29, 1.82) is 0 Å². The Morgan fingerprint density at radius 3 is 2.38 bits per heavy atom. The highest BCUT2D eigenvalue weighted by Gasteiger charge is 2.30. The van der Waals surface area contributed by atoms with E-state index in [0.29, 0.717) is 23.7 Å². The molecule has 2 aliphatic rings. The van der Waals surface area contributed by atoms with Crippen molar-refractivity contribution in [1.82, 2.24) is 0 Å². The van der Waals surface area contributed by atoms with Gasteiger partial charge in [-0.3, -0.25) is 9.62 Å². The van der Waals surface area contributed by atoms with Gasteiger partial charge in [0.1, 0.15) is 6.61 Å². The van der Waals surface area contributed by atoms with Gasteiger partial charge in [-0.2, -0.15) is 0 Å². The Morgan fingerprint density at radius 1 is 1.04 bits per heavy atom. The zero-order valence-electron chi connectivity index (χ0n) is 13.9. The zero-order valence-corrected chi connectivity index (χ0v) is 14.7. The molecule has 0 unspecified atom stereocenters. The molecule has 0 radical (unpaired) electrons. The number of sulfonamides is 1. The Kier molecular flexibility index (Phi) is 3.87. The first kappa shape index (κ1) is 16.5. The molecule has 2 heterocycles. The first-order valence-corrected chi connectivity index (χ1v) is 9.40. The molecule has 1 amide bonds. The van der Waals surface area contributed by atoms with Crippen molar-refractivity contribution >= 4 is 27.5 Å². The van der Waals surface area contributed by atoms with Crippen LogP contribution in [0.15, 0.2) is 41.3 Å². The van der Waals surface area contributed by atoms with Crippen LogP contribution in [0.4, 0.5) is 16.2 Å². The summed E-state index contributed by atoms with van der Waals surface area (Å²) in [6, 6.07) is 9.56. The molecule has 1 N–H and O–H groups in total. The van der Waals surface area contributed by atoms with Crippen molar-refractivity contribution in [2.24, 2.45) is 0 Å². The van der Waals surface area contributed by atoms with Crippen LogP contribution in [0.25, 0.3) is 0 Å². The fraction of sp³-hybridized carbons (Fsp3) is 0.235. The van der Waals surface area contributed by atoms with Crippen molar-refractivity contribution in [3.05, 3.63) is 42.0 Å². The Balaban J connectivity index is 1.75. The highest BCUT2D eigenvalue weighted by molar-refractivity contribution is 7.92. The van der Waals surface area contributed by atoms with E-state index in [0.717, 1.165) is 5.56 Å². The van der Waals surface area contributed by atoms with Gasteiger partial charge in [0, 0.05) is 12.1 Å². The number of anilines is 2. The monoisotopic (exact) mass is 376 g/mol. The second kappa shape index (κ2) is 6.10. The molecule has 136 valence electrons. The summed E-state index contributed by atoms with van der Waals surface area (Å²) in [5.74, 6) is 0.848. The van der Waals surface area contributed by atoms with E-state index in [1.807, 2.05) is 6.92 Å². The molecule has 8 nitrogen and oxygen atoms in total. The first-order chi connectivity index (χ1) is 12.4. The van der Waals surface area contributed by atoms with Crippen LogP contribution in [-0.4, -0.2) is 34.5 Å². The zero-order chi connectivity index (χ0) is 18.3. The maximum absolute atomic E-state index is 12.7. The van der Waals surface area contributed by atoms with Crippen molar-refractivity contribution < 1.29 is 27.4 Å². The number of hydrogen-bond acceptors (Lipinski definition) is 6. The Hall–Kier alpha value is -2.94. The van der Waals surface area contributed by atoms with Gasteiger partial charge in [0.2, 0.25) is 6.79 Å². The summed E-state index contributed by atoms with van der Waals surface area (Å²) in [5, 5.41) is 0. The van der Waals surface area contributed by atoms with Crippen molar-refractivity contribution in [3.8, 4) is 11.5 Å². The number of rotatable bonds is 4. The number of ether oxygens (including phenoxy) is 3. The van der Waals surface area contributed by atoms with Crippen LogP contribution in [0.2, 0.25) is 0 Å². The smallest absolute Gasteiger partial charge is 0.414 e. The third-order valence-corrected chi connectivity index (χ3v) is 5.50. The highest BCUT2D eigenvalue weighted by Crippen LogP contribution is 2.42. The molecule has 0 bridgehead atoms. The molecule has 1 saturated heterocycles. The summed E-state index contributed by atoms with van der Waals surface area (Å²) in [4.78, 5) is 13.4. The molecule has 9 heteroatoms. The maximum atomic E-state index is 12.7. The molecular weight excluding hydrogens is 360 g/mol. The molecule has 1 fully saturated rings. The van der Waals surface area contributed by atoms with Gasteiger partial charge in [-0.15, -0.1) is 0 Å². The van der Waals surface area contributed by atoms with Crippen molar-refractivity contribution in [2.45, 2.75) is 11.8 Å². The lowest BCUT2D eigenvalue weighted by Crippen LogP contribution is -2.25. The minimum Gasteiger partial charge on any atom is -0.454 e. The van der Waals surface area contributed by atoms with E-state index >= 15 is 0 Å². The number of amides is 1. The molecule has 0 atom stereocenters. The number of benzene rings is 2. The van der Waals surface area contributed by atoms with Gasteiger partial charge in [-0.05, 0) is 19.1 Å². The van der Waals surface area contributed by atoms with Crippen molar-refractivity contribution in [2.75, 3.05) is 29.6 Å². The SMILES string of the molecule is Cc1ccc(S(=O)(=O)Nc2cc3c(cc2N2CCOC2=O)OCO3)cc1. The number of nitrogens with one attached hydrogen (secondary N) is 1. The summed E-state index contributed by atoms with van der Waals surface area (Å²) in [6.07, 6.45) is -0.542. The first-order valence-electron chi connectivity index (χ1n) is 7.91. The lowest BCUT2D eigenvalue weighted by atomic mass is 10.2. The number of fused-ring (bicyclic) bond motifs is 1. The van der Waals surface area contributed by atoms with Gasteiger partial charge in [0.25, 0.3) is 10.0 Å². The highest BCUT2D eigenvalue weighted by atomic mass is 32.2. The van der Waals surface area contributed by atoms with E-state index in [-0.39, 0.29) is 24.0 Å². The van der Waals surface area contributed by atoms with Crippen LogP contribution in [0.3, 0.4) is 0 Å². The summed E-state index contributed by atoms with van der Waals surface area (Å²) < 4.78 is 43.7. The van der Waals surface area contributed by atoms with Crippen molar-refractivity contribution in [3.63, 3.8) is 0 Å². The number of cyclic esters (lactones) is 1. The lowest BCUT2D eigenvalue weighted by molar-refractivity contribution is 0.174. The largest absolute Gasteiger partial charge is 0.454 e. The second-order valence-corrected chi connectivity index (χ2v) is 7.59. The average molecular weight is 376 g/mol. The van der Waals surface area contributed by atoms with Gasteiger partial charge < -0.3 is 14.2 Å². The summed E-state index contributed by atoms with van der Waals surface area (Å²) in [6.45, 7) is 2.46. The normalized spacial score (nSPS) is 15.9. The van der Waals surface area contributed by atoms with Crippen LogP contribution < -0.4 is 19.1 Å². The Labute approximate surface area is 150 Å². The molecule has 26 heavy (non-hydrogen) atoms. The molecule has 0 aromatic heterocycles. The van der Waals surface area contributed by atoms with E-state index in [1.54, 1.807) is 18.2 Å². The number of nitrogens with zero attached hydrogens (tertiary/aromatic N) is 1. The third kappa shape index (κ3) is 2.90. The van der Waals surface area contributed by atoms with Crippen LogP contribution in [-0.2, 0) is 14.8 Å². The number of carbonyl (C=O) groups is 1. The second-order valence-electron chi connectivity index (χ2n) is 5.91. The van der Waals surface area contributed by atoms with Gasteiger partial charge in [-0.25, -0.2) is 13.2 Å². The number of hydrogen-bond donors (Lipinski definition) is 1. The fourth-order valence-electron chi connectivity index (χ4n) is 2.77. The molecule has 0 saturated carbocycles. The van der Waals surface area contributed by atoms with Crippen LogP contribution >= 0.6 is 0 Å². The minimum atomic E-state index is -3.84. The standard InChI is InChI=1S/C17H16N2O6S/c1-11-2-4-12(5-3-11)26(21,22)18-13-8-15-16(25-10-24-15)9-14(13)19-6-7-23-17(19)20/h2-5,8-9,18H,6-7,10H2,1H3. The number of carbonyl (C=O) groups excluding carboxylic acids is 1. The molecule has 2 aliphatic heterocycles. The molecular formula is C17H16N2O6S. The Bertz CT molecular complexity index is 971. The van der Waals surface area contributed by atoms with Gasteiger partial charge >= 0.3 is 6.09 Å². The third-order valence-electron chi connectivity index (χ3n) is 4.12. The molecule has 2 aromatic rings. The molecule has 2 aromatic carbocycles. The predicted molar refractivity (Wildman–Crippen MR) is 93.2 cm³/mol. The Morgan fingerprint density at radius 2 is 1.73 bits per heavy atom. The molecule has 0 spiro atoms. The maximum Gasteiger partial charge on any atom is 0.414 e. The van der Waals surface area contributed by atoms with Crippen LogP contribution in [0.1, 0.15) is 5.56 Å². The van der Waals surface area contributed by atoms with E-state index < -0.39 is 16.1 Å². The van der Waals surface area contributed by atoms with Gasteiger partial charge in [0.15, 0.2) is 11.5 Å². The molecule has 0 aliphatic carbocycles. The van der Waals surface area contributed by atoms with E-state index in [2.05, 4.69) is 4.72 Å². The topological polar surface area (TPSA) is 94.2 Å². The van der Waals surface area contributed by atoms with Crippen LogP contribution in [0.5, 0.6) is 11.5 Å². The minimum absolute atomic E-state index is 0.0351. The van der Waals surface area contributed by atoms with E-state index in [1.165, 1.54) is 23.1 Å². The van der Waals surface area contributed by atoms with E-state index in [4.69, 9.17) is 14.2 Å². The predicted octanol–water partition coefficient (Wildman–Crippen LogP) is 2.48. The van der Waals surface area contributed by atoms with Gasteiger partial charge in [-0.1, -0.05) is 17.7 Å². The molecule has 4 rings (SSSR count). The van der Waals surface area contributed by atoms with Crippen LogP contribution in [0, 0.1) is 6.92 Å². The fourth-order valence-corrected chi connectivity index (χ4v) is 3.83. The quantitative estimate of drug-likeness (QED) is 0.881. The average Bonchev–Trinajstić information content (AvgIpc) is 3.22.